The Kier molecular flexibility index (Phi) is 6.58. The highest BCUT2D eigenvalue weighted by atomic mass is 16.5. The molecular weight excluding hydrogens is 316 g/mol. The molecule has 0 saturated carbocycles. The minimum atomic E-state index is -0.0345. The van der Waals surface area contributed by atoms with Crippen molar-refractivity contribution in [3.63, 3.8) is 0 Å². The number of nitriles is 1. The molecule has 0 radical (unpaired) electrons. The Balaban J connectivity index is 1.91. The first-order valence-corrected chi connectivity index (χ1v) is 8.47. The van der Waals surface area contributed by atoms with Crippen LogP contribution in [-0.2, 0) is 17.8 Å². The maximum Gasteiger partial charge on any atom is 0.224 e. The quantitative estimate of drug-likeness (QED) is 0.799. The molecule has 132 valence electrons. The summed E-state index contributed by atoms with van der Waals surface area (Å²) in [5.41, 5.74) is 3.79. The van der Waals surface area contributed by atoms with E-state index in [-0.39, 0.29) is 5.91 Å². The van der Waals surface area contributed by atoms with E-state index in [2.05, 4.69) is 16.5 Å². The topological polar surface area (TPSA) is 79.9 Å². The van der Waals surface area contributed by atoms with Crippen LogP contribution in [0, 0.1) is 25.2 Å². The molecule has 0 fully saturated rings. The number of anilines is 1. The van der Waals surface area contributed by atoms with Crippen LogP contribution in [0.5, 0.6) is 5.75 Å². The van der Waals surface area contributed by atoms with Crippen molar-refractivity contribution in [2.24, 2.45) is 0 Å². The van der Waals surface area contributed by atoms with Crippen LogP contribution < -0.4 is 10.1 Å². The van der Waals surface area contributed by atoms with Crippen molar-refractivity contribution in [3.05, 3.63) is 41.2 Å². The summed E-state index contributed by atoms with van der Waals surface area (Å²) in [4.78, 5) is 12.2. The molecule has 1 amide bonds. The smallest absolute Gasteiger partial charge is 0.224 e. The van der Waals surface area contributed by atoms with E-state index in [4.69, 9.17) is 10.00 Å². The van der Waals surface area contributed by atoms with Crippen molar-refractivity contribution in [2.45, 2.75) is 46.6 Å². The van der Waals surface area contributed by atoms with E-state index >= 15 is 0 Å². The summed E-state index contributed by atoms with van der Waals surface area (Å²) in [5, 5.41) is 16.1. The van der Waals surface area contributed by atoms with E-state index in [1.54, 1.807) is 0 Å². The number of rotatable bonds is 8. The molecule has 6 heteroatoms. The number of ether oxygens (including phenoxy) is 1. The molecule has 0 atom stereocenters. The second-order valence-corrected chi connectivity index (χ2v) is 5.79. The number of aryl methyl sites for hydroxylation is 2. The van der Waals surface area contributed by atoms with E-state index in [9.17, 15) is 4.79 Å². The van der Waals surface area contributed by atoms with E-state index in [1.165, 1.54) is 0 Å². The molecule has 1 aromatic carbocycles. The van der Waals surface area contributed by atoms with Crippen molar-refractivity contribution in [2.75, 3.05) is 11.9 Å². The fourth-order valence-corrected chi connectivity index (χ4v) is 2.73. The highest BCUT2D eigenvalue weighted by Gasteiger charge is 2.13. The van der Waals surface area contributed by atoms with Crippen molar-refractivity contribution in [1.82, 2.24) is 9.78 Å². The zero-order chi connectivity index (χ0) is 18.2. The Bertz CT molecular complexity index is 757. The Morgan fingerprint density at radius 3 is 2.68 bits per heavy atom. The summed E-state index contributed by atoms with van der Waals surface area (Å²) in [7, 11) is 0. The summed E-state index contributed by atoms with van der Waals surface area (Å²) in [5.74, 6) is 0.754. The van der Waals surface area contributed by atoms with Crippen LogP contribution in [0.4, 0.5) is 5.69 Å². The molecule has 0 aliphatic carbocycles. The van der Waals surface area contributed by atoms with Crippen molar-refractivity contribution < 1.29 is 9.53 Å². The lowest BCUT2D eigenvalue weighted by Gasteiger charge is -2.07. The first kappa shape index (κ1) is 18.5. The van der Waals surface area contributed by atoms with Gasteiger partial charge in [0.25, 0.3) is 0 Å². The van der Waals surface area contributed by atoms with Gasteiger partial charge in [-0.05, 0) is 57.0 Å². The van der Waals surface area contributed by atoms with E-state index in [1.807, 2.05) is 49.7 Å². The maximum atomic E-state index is 12.2. The summed E-state index contributed by atoms with van der Waals surface area (Å²) in [6.45, 7) is 7.06. The predicted octanol–water partition coefficient (Wildman–Crippen LogP) is 3.38. The first-order chi connectivity index (χ1) is 12.0. The van der Waals surface area contributed by atoms with E-state index in [0.717, 1.165) is 28.4 Å². The van der Waals surface area contributed by atoms with E-state index in [0.29, 0.717) is 32.4 Å². The van der Waals surface area contributed by atoms with Gasteiger partial charge in [0.05, 0.1) is 31.3 Å². The summed E-state index contributed by atoms with van der Waals surface area (Å²) in [6, 6.07) is 9.47. The SMILES string of the molecule is CCOc1ccc(NC(=O)CCc2c(C)nn(CCC#N)c2C)cc1. The highest BCUT2D eigenvalue weighted by Crippen LogP contribution is 2.18. The lowest BCUT2D eigenvalue weighted by atomic mass is 10.1. The summed E-state index contributed by atoms with van der Waals surface area (Å²) >= 11 is 0. The van der Waals surface area contributed by atoms with Gasteiger partial charge in [-0.3, -0.25) is 9.48 Å². The summed E-state index contributed by atoms with van der Waals surface area (Å²) in [6.07, 6.45) is 1.45. The molecule has 2 aromatic rings. The number of carbonyl (C=O) groups excluding carboxylic acids is 1. The predicted molar refractivity (Wildman–Crippen MR) is 96.5 cm³/mol. The third-order valence-electron chi connectivity index (χ3n) is 4.02. The lowest BCUT2D eigenvalue weighted by molar-refractivity contribution is -0.116. The molecule has 1 aromatic heterocycles. The molecule has 0 aliphatic heterocycles. The second kappa shape index (κ2) is 8.88. The van der Waals surface area contributed by atoms with Gasteiger partial charge in [-0.15, -0.1) is 0 Å². The molecule has 1 N–H and O–H groups in total. The van der Waals surface area contributed by atoms with Gasteiger partial charge in [0.15, 0.2) is 0 Å². The molecule has 0 aliphatic rings. The molecule has 2 rings (SSSR count). The number of amides is 1. The lowest BCUT2D eigenvalue weighted by Crippen LogP contribution is -2.12. The Morgan fingerprint density at radius 1 is 1.32 bits per heavy atom. The number of aromatic nitrogens is 2. The molecule has 0 spiro atoms. The number of hydrogen-bond donors (Lipinski definition) is 1. The van der Waals surface area contributed by atoms with Crippen LogP contribution in [0.25, 0.3) is 0 Å². The van der Waals surface area contributed by atoms with Crippen molar-refractivity contribution in [1.29, 1.82) is 5.26 Å². The molecule has 6 nitrogen and oxygen atoms in total. The molecule has 0 saturated heterocycles. The Labute approximate surface area is 148 Å². The largest absolute Gasteiger partial charge is 0.494 e. The van der Waals surface area contributed by atoms with Gasteiger partial charge >= 0.3 is 0 Å². The second-order valence-electron chi connectivity index (χ2n) is 5.79. The van der Waals surface area contributed by atoms with Crippen LogP contribution in [0.1, 0.15) is 36.7 Å². The monoisotopic (exact) mass is 340 g/mol. The van der Waals surface area contributed by atoms with Crippen LogP contribution in [-0.4, -0.2) is 22.3 Å². The fourth-order valence-electron chi connectivity index (χ4n) is 2.73. The number of benzene rings is 1. The number of hydrogen-bond acceptors (Lipinski definition) is 4. The first-order valence-electron chi connectivity index (χ1n) is 8.47. The van der Waals surface area contributed by atoms with Crippen LogP contribution in [0.2, 0.25) is 0 Å². The minimum Gasteiger partial charge on any atom is -0.494 e. The van der Waals surface area contributed by atoms with Gasteiger partial charge in [-0.1, -0.05) is 0 Å². The average Bonchev–Trinajstić information content (AvgIpc) is 2.86. The van der Waals surface area contributed by atoms with Gasteiger partial charge in [0.1, 0.15) is 5.75 Å². The zero-order valence-electron chi connectivity index (χ0n) is 15.0. The fraction of sp³-hybridized carbons (Fsp3) is 0.421. The van der Waals surface area contributed by atoms with Crippen molar-refractivity contribution in [3.8, 4) is 11.8 Å². The normalized spacial score (nSPS) is 10.3. The molecule has 25 heavy (non-hydrogen) atoms. The molecular formula is C19H24N4O2. The van der Waals surface area contributed by atoms with Gasteiger partial charge in [0.2, 0.25) is 5.91 Å². The highest BCUT2D eigenvalue weighted by molar-refractivity contribution is 5.90. The third-order valence-corrected chi connectivity index (χ3v) is 4.02. The average molecular weight is 340 g/mol. The zero-order valence-corrected chi connectivity index (χ0v) is 15.0. The molecule has 0 bridgehead atoms. The van der Waals surface area contributed by atoms with Crippen LogP contribution in [0.15, 0.2) is 24.3 Å². The Morgan fingerprint density at radius 2 is 2.04 bits per heavy atom. The van der Waals surface area contributed by atoms with Gasteiger partial charge < -0.3 is 10.1 Å². The molecule has 0 unspecified atom stereocenters. The van der Waals surface area contributed by atoms with Crippen LogP contribution >= 0.6 is 0 Å². The number of carbonyl (C=O) groups is 1. The minimum absolute atomic E-state index is 0.0345. The van der Waals surface area contributed by atoms with Crippen molar-refractivity contribution >= 4 is 11.6 Å². The number of nitrogens with one attached hydrogen (secondary N) is 1. The standard InChI is InChI=1S/C19H24N4O2/c1-4-25-17-8-6-16(7-9-17)21-19(24)11-10-18-14(2)22-23(15(18)3)13-5-12-20/h6-9H,4-5,10-11,13H2,1-3H3,(H,21,24). The van der Waals surface area contributed by atoms with Gasteiger partial charge in [-0.2, -0.15) is 10.4 Å². The number of nitrogens with zero attached hydrogens (tertiary/aromatic N) is 3. The van der Waals surface area contributed by atoms with Gasteiger partial charge in [-0.25, -0.2) is 0 Å². The van der Waals surface area contributed by atoms with Gasteiger partial charge in [0, 0.05) is 17.8 Å². The van der Waals surface area contributed by atoms with Crippen LogP contribution in [0.3, 0.4) is 0 Å². The maximum absolute atomic E-state index is 12.2. The van der Waals surface area contributed by atoms with E-state index < -0.39 is 0 Å². The summed E-state index contributed by atoms with van der Waals surface area (Å²) < 4.78 is 7.23. The Hall–Kier alpha value is -2.81. The molecule has 1 heterocycles. The third kappa shape index (κ3) is 5.08.